The average Bonchev–Trinajstić information content (AvgIpc) is 2.85. The molecule has 1 amide bonds. The number of hydrogen-bond donors (Lipinski definition) is 0. The summed E-state index contributed by atoms with van der Waals surface area (Å²) in [6, 6.07) is 0. The highest BCUT2D eigenvalue weighted by Crippen LogP contribution is 2.19. The Bertz CT molecular complexity index is 543. The van der Waals surface area contributed by atoms with Crippen LogP contribution in [0.2, 0.25) is 0 Å². The second-order valence-corrected chi connectivity index (χ2v) is 4.65. The summed E-state index contributed by atoms with van der Waals surface area (Å²) in [6.45, 7) is 2.76. The molecular weight excluding hydrogens is 293 g/mol. The highest BCUT2D eigenvalue weighted by molar-refractivity contribution is 5.98. The van der Waals surface area contributed by atoms with Crippen molar-refractivity contribution in [3.8, 4) is 0 Å². The van der Waals surface area contributed by atoms with E-state index in [2.05, 4.69) is 10.3 Å². The molecule has 116 valence electrons. The summed E-state index contributed by atoms with van der Waals surface area (Å²) >= 11 is 0. The summed E-state index contributed by atoms with van der Waals surface area (Å²) in [5.74, 6) is -2.40. The van der Waals surface area contributed by atoms with Crippen LogP contribution in [0.4, 0.5) is 13.2 Å². The van der Waals surface area contributed by atoms with Gasteiger partial charge in [0.15, 0.2) is 5.69 Å². The Kier molecular flexibility index (Phi) is 4.26. The first-order valence-electron chi connectivity index (χ1n) is 6.18. The van der Waals surface area contributed by atoms with Crippen LogP contribution >= 0.6 is 0 Å². The molecular formula is C11H13F3N4O3. The monoisotopic (exact) mass is 306 g/mol. The van der Waals surface area contributed by atoms with Gasteiger partial charge < -0.3 is 9.64 Å². The fraction of sp³-hybridized carbons (Fsp3) is 0.636. The second-order valence-electron chi connectivity index (χ2n) is 4.65. The van der Waals surface area contributed by atoms with Gasteiger partial charge in [-0.3, -0.25) is 9.59 Å². The molecule has 0 radical (unpaired) electrons. The lowest BCUT2D eigenvalue weighted by Gasteiger charge is -2.31. The lowest BCUT2D eigenvalue weighted by molar-refractivity contribution is -0.139. The Morgan fingerprint density at radius 1 is 1.48 bits per heavy atom. The van der Waals surface area contributed by atoms with Gasteiger partial charge in [0.2, 0.25) is 5.91 Å². The molecule has 0 spiro atoms. The summed E-state index contributed by atoms with van der Waals surface area (Å²) in [5.41, 5.74) is -0.828. The summed E-state index contributed by atoms with van der Waals surface area (Å²) < 4.78 is 42.9. The topological polar surface area (TPSA) is 77.3 Å². The first-order valence-corrected chi connectivity index (χ1v) is 6.18. The molecule has 1 unspecified atom stereocenters. The molecule has 1 aliphatic rings. The quantitative estimate of drug-likeness (QED) is 0.749. The van der Waals surface area contributed by atoms with Gasteiger partial charge in [-0.25, -0.2) is 4.68 Å². The average molecular weight is 306 g/mol. The van der Waals surface area contributed by atoms with Crippen molar-refractivity contribution in [2.24, 2.45) is 0 Å². The van der Waals surface area contributed by atoms with E-state index < -0.39 is 17.7 Å². The molecule has 1 aromatic rings. The van der Waals surface area contributed by atoms with E-state index in [-0.39, 0.29) is 18.6 Å². The molecule has 1 saturated heterocycles. The van der Waals surface area contributed by atoms with Gasteiger partial charge >= 0.3 is 6.18 Å². The van der Waals surface area contributed by atoms with E-state index in [4.69, 9.17) is 4.74 Å². The Balaban J connectivity index is 1.99. The number of morpholine rings is 1. The van der Waals surface area contributed by atoms with Crippen molar-refractivity contribution in [2.75, 3.05) is 19.7 Å². The fourth-order valence-electron chi connectivity index (χ4n) is 1.91. The van der Waals surface area contributed by atoms with Crippen LogP contribution in [0, 0.1) is 0 Å². The zero-order chi connectivity index (χ0) is 15.6. The summed E-state index contributed by atoms with van der Waals surface area (Å²) in [5, 5.41) is 6.52. The summed E-state index contributed by atoms with van der Waals surface area (Å²) in [4.78, 5) is 24.4. The lowest BCUT2D eigenvalue weighted by atomic mass is 10.3. The Labute approximate surface area is 117 Å². The highest BCUT2D eigenvalue weighted by Gasteiger charge is 2.41. The van der Waals surface area contributed by atoms with Crippen molar-refractivity contribution in [1.82, 2.24) is 19.9 Å². The molecule has 0 saturated carbocycles. The Morgan fingerprint density at radius 3 is 2.81 bits per heavy atom. The molecule has 1 atom stereocenters. The van der Waals surface area contributed by atoms with Crippen molar-refractivity contribution >= 4 is 11.7 Å². The SMILES string of the molecule is CC1CN(C(=O)Cn2cc(C(=O)C(F)(F)F)nn2)CCO1. The Hall–Kier alpha value is -1.97. The predicted molar refractivity (Wildman–Crippen MR) is 62.4 cm³/mol. The number of carbonyl (C=O) groups is 2. The van der Waals surface area contributed by atoms with Crippen LogP contribution < -0.4 is 0 Å². The number of ketones is 1. The van der Waals surface area contributed by atoms with Gasteiger partial charge in [-0.15, -0.1) is 5.10 Å². The van der Waals surface area contributed by atoms with E-state index in [1.54, 1.807) is 0 Å². The standard InChI is InChI=1S/C11H13F3N4O3/c1-7-4-17(2-3-21-7)9(19)6-18-5-8(15-16-18)10(20)11(12,13)14/h5,7H,2-4,6H2,1H3. The van der Waals surface area contributed by atoms with E-state index in [1.807, 2.05) is 6.92 Å². The van der Waals surface area contributed by atoms with Crippen LogP contribution in [0.25, 0.3) is 0 Å². The largest absolute Gasteiger partial charge is 0.456 e. The number of hydrogen-bond acceptors (Lipinski definition) is 5. The van der Waals surface area contributed by atoms with Gasteiger partial charge in [-0.1, -0.05) is 5.21 Å². The fourth-order valence-corrected chi connectivity index (χ4v) is 1.91. The van der Waals surface area contributed by atoms with Crippen LogP contribution in [0.3, 0.4) is 0 Å². The minimum atomic E-state index is -5.01. The van der Waals surface area contributed by atoms with Crippen LogP contribution in [0.1, 0.15) is 17.4 Å². The van der Waals surface area contributed by atoms with E-state index in [9.17, 15) is 22.8 Å². The van der Waals surface area contributed by atoms with Crippen molar-refractivity contribution in [3.05, 3.63) is 11.9 Å². The third-order valence-electron chi connectivity index (χ3n) is 2.92. The van der Waals surface area contributed by atoms with Gasteiger partial charge in [0.25, 0.3) is 5.78 Å². The molecule has 0 aromatic carbocycles. The molecule has 1 aromatic heterocycles. The van der Waals surface area contributed by atoms with Gasteiger partial charge in [0, 0.05) is 13.1 Å². The number of amides is 1. The first kappa shape index (κ1) is 15.4. The van der Waals surface area contributed by atoms with E-state index >= 15 is 0 Å². The maximum atomic E-state index is 12.2. The van der Waals surface area contributed by atoms with Gasteiger partial charge in [0.05, 0.1) is 18.9 Å². The van der Waals surface area contributed by atoms with Crippen LogP contribution in [-0.2, 0) is 16.1 Å². The lowest BCUT2D eigenvalue weighted by Crippen LogP contribution is -2.45. The molecule has 10 heteroatoms. The molecule has 0 N–H and O–H groups in total. The number of carbonyl (C=O) groups excluding carboxylic acids is 2. The van der Waals surface area contributed by atoms with E-state index in [1.165, 1.54) is 4.90 Å². The van der Waals surface area contributed by atoms with Crippen molar-refractivity contribution < 1.29 is 27.5 Å². The molecule has 2 rings (SSSR count). The first-order chi connectivity index (χ1) is 9.77. The van der Waals surface area contributed by atoms with Crippen molar-refractivity contribution in [1.29, 1.82) is 0 Å². The number of Topliss-reactive ketones (excluding diaryl/α,β-unsaturated/α-hetero) is 1. The normalized spacial score (nSPS) is 19.6. The molecule has 7 nitrogen and oxygen atoms in total. The zero-order valence-electron chi connectivity index (χ0n) is 11.1. The van der Waals surface area contributed by atoms with E-state index in [0.717, 1.165) is 10.9 Å². The molecule has 21 heavy (non-hydrogen) atoms. The third-order valence-corrected chi connectivity index (χ3v) is 2.92. The molecule has 0 aliphatic carbocycles. The van der Waals surface area contributed by atoms with Crippen molar-refractivity contribution in [2.45, 2.75) is 25.7 Å². The maximum absolute atomic E-state index is 12.2. The smallest absolute Gasteiger partial charge is 0.375 e. The molecule has 2 heterocycles. The number of aromatic nitrogens is 3. The van der Waals surface area contributed by atoms with Gasteiger partial charge in [0.1, 0.15) is 6.54 Å². The zero-order valence-corrected chi connectivity index (χ0v) is 11.1. The maximum Gasteiger partial charge on any atom is 0.456 e. The molecule has 1 aliphatic heterocycles. The number of nitrogens with zero attached hydrogens (tertiary/aromatic N) is 4. The number of ether oxygens (including phenoxy) is 1. The highest BCUT2D eigenvalue weighted by atomic mass is 19.4. The second kappa shape index (κ2) is 5.80. The summed E-state index contributed by atoms with van der Waals surface area (Å²) in [7, 11) is 0. The van der Waals surface area contributed by atoms with Crippen LogP contribution in [-0.4, -0.2) is 63.6 Å². The molecule has 1 fully saturated rings. The van der Waals surface area contributed by atoms with Crippen molar-refractivity contribution in [3.63, 3.8) is 0 Å². The third kappa shape index (κ3) is 3.78. The van der Waals surface area contributed by atoms with Gasteiger partial charge in [-0.2, -0.15) is 13.2 Å². The minimum Gasteiger partial charge on any atom is -0.375 e. The van der Waals surface area contributed by atoms with Crippen LogP contribution in [0.15, 0.2) is 6.20 Å². The van der Waals surface area contributed by atoms with Crippen LogP contribution in [0.5, 0.6) is 0 Å². The number of alkyl halides is 3. The minimum absolute atomic E-state index is 0.0965. The Morgan fingerprint density at radius 2 is 2.19 bits per heavy atom. The summed E-state index contributed by atoms with van der Waals surface area (Å²) in [6.07, 6.45) is -4.29. The van der Waals surface area contributed by atoms with Gasteiger partial charge in [-0.05, 0) is 6.92 Å². The number of rotatable bonds is 3. The van der Waals surface area contributed by atoms with E-state index in [0.29, 0.717) is 19.7 Å². The number of halogens is 3. The molecule has 0 bridgehead atoms. The predicted octanol–water partition coefficient (Wildman–Crippen LogP) is 0.270.